The van der Waals surface area contributed by atoms with Crippen molar-refractivity contribution in [1.29, 1.82) is 0 Å². The van der Waals surface area contributed by atoms with Crippen molar-refractivity contribution in [3.8, 4) is 0 Å². The predicted molar refractivity (Wildman–Crippen MR) is 61.9 cm³/mol. The van der Waals surface area contributed by atoms with Crippen LogP contribution in [0.3, 0.4) is 0 Å². The highest BCUT2D eigenvalue weighted by atomic mass is 79.9. The van der Waals surface area contributed by atoms with Gasteiger partial charge < -0.3 is 10.2 Å². The summed E-state index contributed by atoms with van der Waals surface area (Å²) in [5.74, 6) is 0.212. The molecule has 0 radical (unpaired) electrons. The summed E-state index contributed by atoms with van der Waals surface area (Å²) in [6.07, 6.45) is 0.593. The Kier molecular flexibility index (Phi) is 3.20. The molecule has 1 aliphatic heterocycles. The average molecular weight is 275 g/mol. The first-order chi connectivity index (χ1) is 6.77. The van der Waals surface area contributed by atoms with E-state index in [1.54, 1.807) is 11.3 Å². The highest BCUT2D eigenvalue weighted by Gasteiger charge is 2.18. The lowest BCUT2D eigenvalue weighted by atomic mass is 10.4. The maximum atomic E-state index is 11.7. The van der Waals surface area contributed by atoms with E-state index in [-0.39, 0.29) is 5.91 Å². The summed E-state index contributed by atoms with van der Waals surface area (Å²) in [5, 5.41) is 4.25. The lowest BCUT2D eigenvalue weighted by Crippen LogP contribution is -2.31. The van der Waals surface area contributed by atoms with Crippen molar-refractivity contribution in [2.24, 2.45) is 0 Å². The van der Waals surface area contributed by atoms with Crippen LogP contribution in [0.2, 0.25) is 0 Å². The fourth-order valence-electron chi connectivity index (χ4n) is 1.45. The summed E-state index contributed by atoms with van der Waals surface area (Å²) in [7, 11) is 0. The molecule has 3 nitrogen and oxygen atoms in total. The summed E-state index contributed by atoms with van der Waals surface area (Å²) in [6, 6.07) is 3.96. The Morgan fingerprint density at radius 3 is 3.00 bits per heavy atom. The summed E-state index contributed by atoms with van der Waals surface area (Å²) < 4.78 is 1.07. The fraction of sp³-hybridized carbons (Fsp3) is 0.444. The van der Waals surface area contributed by atoms with E-state index in [1.807, 2.05) is 17.0 Å². The third-order valence-corrected chi connectivity index (χ3v) is 3.80. The molecule has 1 saturated heterocycles. The van der Waals surface area contributed by atoms with Gasteiger partial charge in [-0.3, -0.25) is 4.79 Å². The minimum absolute atomic E-state index is 0.212. The van der Waals surface area contributed by atoms with Gasteiger partial charge >= 0.3 is 0 Å². The first-order valence-corrected chi connectivity index (χ1v) is 6.15. The molecule has 1 aromatic heterocycles. The van der Waals surface area contributed by atoms with E-state index in [0.717, 1.165) is 28.4 Å². The van der Waals surface area contributed by atoms with Crippen LogP contribution in [0.25, 0.3) is 0 Å². The molecule has 1 fully saturated rings. The van der Waals surface area contributed by atoms with Gasteiger partial charge in [-0.25, -0.2) is 0 Å². The van der Waals surface area contributed by atoms with Gasteiger partial charge in [0.1, 0.15) is 0 Å². The van der Waals surface area contributed by atoms with Crippen molar-refractivity contribution in [2.75, 3.05) is 24.5 Å². The topological polar surface area (TPSA) is 32.3 Å². The maximum Gasteiger partial charge on any atom is 0.228 e. The SMILES string of the molecule is O=C1CCNCCN1c1ccc(Br)s1. The van der Waals surface area contributed by atoms with Crippen LogP contribution in [-0.2, 0) is 4.79 Å². The number of rotatable bonds is 1. The zero-order valence-electron chi connectivity index (χ0n) is 7.62. The first kappa shape index (κ1) is 10.1. The van der Waals surface area contributed by atoms with Crippen molar-refractivity contribution in [2.45, 2.75) is 6.42 Å². The molecule has 0 atom stereocenters. The van der Waals surface area contributed by atoms with E-state index in [9.17, 15) is 4.79 Å². The first-order valence-electron chi connectivity index (χ1n) is 4.54. The molecule has 76 valence electrons. The van der Waals surface area contributed by atoms with Crippen molar-refractivity contribution in [3.63, 3.8) is 0 Å². The van der Waals surface area contributed by atoms with Crippen molar-refractivity contribution in [3.05, 3.63) is 15.9 Å². The van der Waals surface area contributed by atoms with Gasteiger partial charge in [0.2, 0.25) is 5.91 Å². The van der Waals surface area contributed by atoms with Crippen LogP contribution in [0.4, 0.5) is 5.00 Å². The lowest BCUT2D eigenvalue weighted by Gasteiger charge is -2.17. The number of hydrogen-bond donors (Lipinski definition) is 1. The molecule has 0 saturated carbocycles. The second kappa shape index (κ2) is 4.42. The number of thiophene rings is 1. The zero-order valence-corrected chi connectivity index (χ0v) is 10.0. The second-order valence-corrected chi connectivity index (χ2v) is 5.56. The third-order valence-electron chi connectivity index (χ3n) is 2.15. The fourth-order valence-corrected chi connectivity index (χ4v) is 2.86. The lowest BCUT2D eigenvalue weighted by molar-refractivity contribution is -0.118. The number of halogens is 1. The molecule has 2 heterocycles. The van der Waals surface area contributed by atoms with Gasteiger partial charge in [-0.15, -0.1) is 11.3 Å². The molecule has 1 N–H and O–H groups in total. The van der Waals surface area contributed by atoms with Gasteiger partial charge in [0, 0.05) is 26.1 Å². The normalized spacial score (nSPS) is 18.4. The predicted octanol–water partition coefficient (Wildman–Crippen LogP) is 1.84. The number of anilines is 1. The van der Waals surface area contributed by atoms with Crippen LogP contribution in [-0.4, -0.2) is 25.5 Å². The minimum Gasteiger partial charge on any atom is -0.314 e. The van der Waals surface area contributed by atoms with E-state index in [4.69, 9.17) is 0 Å². The smallest absolute Gasteiger partial charge is 0.228 e. The van der Waals surface area contributed by atoms with Crippen molar-refractivity contribution >= 4 is 38.2 Å². The van der Waals surface area contributed by atoms with Gasteiger partial charge in [-0.05, 0) is 28.1 Å². The monoisotopic (exact) mass is 274 g/mol. The highest BCUT2D eigenvalue weighted by Crippen LogP contribution is 2.30. The number of hydrogen-bond acceptors (Lipinski definition) is 3. The van der Waals surface area contributed by atoms with Crippen LogP contribution in [0.1, 0.15) is 6.42 Å². The standard InChI is InChI=1S/C9H11BrN2OS/c10-7-1-2-9(14-7)12-6-5-11-4-3-8(12)13/h1-2,11H,3-6H2. The van der Waals surface area contributed by atoms with Gasteiger partial charge in [0.25, 0.3) is 0 Å². The quantitative estimate of drug-likeness (QED) is 0.848. The summed E-state index contributed by atoms with van der Waals surface area (Å²) in [4.78, 5) is 13.6. The van der Waals surface area contributed by atoms with Crippen LogP contribution >= 0.6 is 27.3 Å². The Morgan fingerprint density at radius 1 is 1.43 bits per heavy atom. The summed E-state index contributed by atoms with van der Waals surface area (Å²) in [6.45, 7) is 2.44. The molecule has 0 aliphatic carbocycles. The Labute approximate surface area is 95.2 Å². The van der Waals surface area contributed by atoms with Gasteiger partial charge in [-0.1, -0.05) is 0 Å². The third kappa shape index (κ3) is 2.16. The van der Waals surface area contributed by atoms with Gasteiger partial charge in [0.05, 0.1) is 8.79 Å². The number of carbonyl (C=O) groups excluding carboxylic acids is 1. The Balaban J connectivity index is 2.18. The molecule has 1 aliphatic rings. The van der Waals surface area contributed by atoms with Crippen LogP contribution < -0.4 is 10.2 Å². The number of nitrogens with zero attached hydrogens (tertiary/aromatic N) is 1. The maximum absolute atomic E-state index is 11.7. The number of amides is 1. The number of carbonyl (C=O) groups is 1. The second-order valence-electron chi connectivity index (χ2n) is 3.12. The van der Waals surface area contributed by atoms with E-state index in [2.05, 4.69) is 21.2 Å². The molecular formula is C9H11BrN2OS. The molecule has 5 heteroatoms. The largest absolute Gasteiger partial charge is 0.314 e. The van der Waals surface area contributed by atoms with E-state index in [1.165, 1.54) is 0 Å². The van der Waals surface area contributed by atoms with E-state index < -0.39 is 0 Å². The van der Waals surface area contributed by atoms with Crippen LogP contribution in [0.5, 0.6) is 0 Å². The molecule has 0 unspecified atom stereocenters. The van der Waals surface area contributed by atoms with Crippen molar-refractivity contribution < 1.29 is 4.79 Å². The number of nitrogens with one attached hydrogen (secondary N) is 1. The highest BCUT2D eigenvalue weighted by molar-refractivity contribution is 9.11. The van der Waals surface area contributed by atoms with E-state index in [0.29, 0.717) is 6.42 Å². The van der Waals surface area contributed by atoms with E-state index >= 15 is 0 Å². The van der Waals surface area contributed by atoms with Crippen LogP contribution in [0.15, 0.2) is 15.9 Å². The summed E-state index contributed by atoms with van der Waals surface area (Å²) in [5.41, 5.74) is 0. The molecule has 0 spiro atoms. The molecule has 14 heavy (non-hydrogen) atoms. The summed E-state index contributed by atoms with van der Waals surface area (Å²) >= 11 is 5.00. The molecule has 0 aromatic carbocycles. The zero-order chi connectivity index (χ0) is 9.97. The Hall–Kier alpha value is -0.390. The van der Waals surface area contributed by atoms with Gasteiger partial charge in [0.15, 0.2) is 0 Å². The average Bonchev–Trinajstić information content (AvgIpc) is 2.46. The molecule has 1 amide bonds. The Bertz CT molecular complexity index is 339. The van der Waals surface area contributed by atoms with Crippen LogP contribution in [0, 0.1) is 0 Å². The molecule has 0 bridgehead atoms. The Morgan fingerprint density at radius 2 is 2.29 bits per heavy atom. The molecule has 2 rings (SSSR count). The molecule has 1 aromatic rings. The molecular weight excluding hydrogens is 264 g/mol. The minimum atomic E-state index is 0.212. The van der Waals surface area contributed by atoms with Crippen molar-refractivity contribution in [1.82, 2.24) is 5.32 Å². The van der Waals surface area contributed by atoms with Gasteiger partial charge in [-0.2, -0.15) is 0 Å².